The predicted octanol–water partition coefficient (Wildman–Crippen LogP) is 2.66. The zero-order valence-corrected chi connectivity index (χ0v) is 14.6. The van der Waals surface area contributed by atoms with Gasteiger partial charge in [-0.25, -0.2) is 0 Å². The van der Waals surface area contributed by atoms with Gasteiger partial charge in [0.15, 0.2) is 0 Å². The monoisotopic (exact) mass is 328 g/mol. The molecule has 1 aliphatic heterocycles. The van der Waals surface area contributed by atoms with Gasteiger partial charge in [0.1, 0.15) is 5.75 Å². The van der Waals surface area contributed by atoms with Gasteiger partial charge in [-0.15, -0.1) is 0 Å². The molecule has 3 aliphatic rings. The molecule has 2 N–H and O–H groups in total. The summed E-state index contributed by atoms with van der Waals surface area (Å²) >= 11 is 0. The highest BCUT2D eigenvalue weighted by atomic mass is 16.3. The Bertz CT molecular complexity index is 639. The Kier molecular flexibility index (Phi) is 4.03. The summed E-state index contributed by atoms with van der Waals surface area (Å²) in [7, 11) is 2.16. The number of benzene rings is 1. The maximum Gasteiger partial charge on any atom is 0.224 e. The van der Waals surface area contributed by atoms with Crippen molar-refractivity contribution in [3.63, 3.8) is 0 Å². The fourth-order valence-corrected chi connectivity index (χ4v) is 4.96. The van der Waals surface area contributed by atoms with Crippen LogP contribution in [0.1, 0.15) is 49.1 Å². The quantitative estimate of drug-likeness (QED) is 0.874. The van der Waals surface area contributed by atoms with Gasteiger partial charge in [0.05, 0.1) is 6.42 Å². The molecular weight excluding hydrogens is 300 g/mol. The zero-order valence-electron chi connectivity index (χ0n) is 14.6. The lowest BCUT2D eigenvalue weighted by Crippen LogP contribution is -2.34. The molecule has 130 valence electrons. The number of likely N-dealkylation sites (tertiary alicyclic amines) is 1. The summed E-state index contributed by atoms with van der Waals surface area (Å²) in [6.45, 7) is 3.05. The van der Waals surface area contributed by atoms with Crippen molar-refractivity contribution < 1.29 is 9.90 Å². The lowest BCUT2D eigenvalue weighted by Gasteiger charge is -2.17. The fraction of sp³-hybridized carbons (Fsp3) is 0.650. The van der Waals surface area contributed by atoms with E-state index in [1.54, 1.807) is 0 Å². The van der Waals surface area contributed by atoms with E-state index in [9.17, 15) is 9.90 Å². The van der Waals surface area contributed by atoms with Gasteiger partial charge >= 0.3 is 0 Å². The number of aromatic hydroxyl groups is 1. The summed E-state index contributed by atoms with van der Waals surface area (Å²) in [5.41, 5.74) is 2.14. The van der Waals surface area contributed by atoms with E-state index in [1.807, 2.05) is 18.2 Å². The highest BCUT2D eigenvalue weighted by molar-refractivity contribution is 5.79. The Morgan fingerprint density at radius 2 is 2.17 bits per heavy atom. The maximum absolute atomic E-state index is 12.4. The van der Waals surface area contributed by atoms with E-state index < -0.39 is 0 Å². The van der Waals surface area contributed by atoms with Crippen LogP contribution in [0.4, 0.5) is 0 Å². The molecule has 2 unspecified atom stereocenters. The molecule has 0 spiro atoms. The number of phenols is 1. The van der Waals surface area contributed by atoms with E-state index in [0.29, 0.717) is 17.1 Å². The van der Waals surface area contributed by atoms with E-state index in [4.69, 9.17) is 0 Å². The molecule has 4 nitrogen and oxygen atoms in total. The van der Waals surface area contributed by atoms with Crippen molar-refractivity contribution in [2.75, 3.05) is 26.7 Å². The first-order valence-electron chi connectivity index (χ1n) is 9.33. The number of fused-ring (bicyclic) bond motifs is 1. The second-order valence-corrected chi connectivity index (χ2v) is 8.25. The van der Waals surface area contributed by atoms with Crippen molar-refractivity contribution >= 4 is 5.91 Å². The SMILES string of the molecule is CN1CC2CC2(CNC(=O)Cc2cccc(C3CCCC3)c2O)C1. The van der Waals surface area contributed by atoms with Gasteiger partial charge in [0.25, 0.3) is 0 Å². The largest absolute Gasteiger partial charge is 0.507 e. The molecule has 4 heteroatoms. The first-order valence-corrected chi connectivity index (χ1v) is 9.33. The van der Waals surface area contributed by atoms with Crippen molar-refractivity contribution in [2.24, 2.45) is 11.3 Å². The minimum Gasteiger partial charge on any atom is -0.507 e. The highest BCUT2D eigenvalue weighted by Gasteiger charge is 2.58. The molecular formula is C20H28N2O2. The zero-order chi connectivity index (χ0) is 16.7. The van der Waals surface area contributed by atoms with Crippen LogP contribution in [0.5, 0.6) is 5.75 Å². The first kappa shape index (κ1) is 15.9. The molecule has 1 amide bonds. The molecule has 1 heterocycles. The number of phenolic OH excluding ortho intramolecular Hbond substituents is 1. The number of amides is 1. The summed E-state index contributed by atoms with van der Waals surface area (Å²) in [6.07, 6.45) is 6.32. The van der Waals surface area contributed by atoms with Gasteiger partial charge in [-0.2, -0.15) is 0 Å². The number of hydrogen-bond donors (Lipinski definition) is 2. The Labute approximate surface area is 144 Å². The Morgan fingerprint density at radius 3 is 2.88 bits per heavy atom. The minimum absolute atomic E-state index is 0.0310. The maximum atomic E-state index is 12.4. The third kappa shape index (κ3) is 2.92. The van der Waals surface area contributed by atoms with Crippen molar-refractivity contribution in [1.29, 1.82) is 0 Å². The van der Waals surface area contributed by atoms with Gasteiger partial charge in [-0.05, 0) is 43.7 Å². The van der Waals surface area contributed by atoms with Crippen LogP contribution in [0.15, 0.2) is 18.2 Å². The van der Waals surface area contributed by atoms with E-state index in [-0.39, 0.29) is 12.3 Å². The Balaban J connectivity index is 1.36. The molecule has 3 fully saturated rings. The number of carbonyl (C=O) groups is 1. The van der Waals surface area contributed by atoms with E-state index in [0.717, 1.165) is 43.0 Å². The van der Waals surface area contributed by atoms with E-state index >= 15 is 0 Å². The molecule has 2 atom stereocenters. The second kappa shape index (κ2) is 6.07. The van der Waals surface area contributed by atoms with Gasteiger partial charge < -0.3 is 15.3 Å². The number of nitrogens with one attached hydrogen (secondary N) is 1. The van der Waals surface area contributed by atoms with Crippen LogP contribution in [-0.4, -0.2) is 42.6 Å². The van der Waals surface area contributed by atoms with Crippen LogP contribution in [-0.2, 0) is 11.2 Å². The lowest BCUT2D eigenvalue weighted by molar-refractivity contribution is -0.120. The van der Waals surface area contributed by atoms with Gasteiger partial charge in [-0.1, -0.05) is 31.0 Å². The molecule has 1 aromatic rings. The number of piperidine rings is 1. The topological polar surface area (TPSA) is 52.6 Å². The predicted molar refractivity (Wildman–Crippen MR) is 94.1 cm³/mol. The van der Waals surface area contributed by atoms with Gasteiger partial charge in [0.2, 0.25) is 5.91 Å². The highest BCUT2D eigenvalue weighted by Crippen LogP contribution is 2.56. The number of hydrogen-bond acceptors (Lipinski definition) is 3. The van der Waals surface area contributed by atoms with Crippen LogP contribution < -0.4 is 5.32 Å². The van der Waals surface area contributed by atoms with Crippen LogP contribution in [0.25, 0.3) is 0 Å². The number of nitrogens with zero attached hydrogens (tertiary/aromatic N) is 1. The van der Waals surface area contributed by atoms with Crippen LogP contribution in [0, 0.1) is 11.3 Å². The average Bonchev–Trinajstić information content (AvgIpc) is 2.93. The van der Waals surface area contributed by atoms with Gasteiger partial charge in [0, 0.05) is 30.6 Å². The van der Waals surface area contributed by atoms with Crippen LogP contribution in [0.3, 0.4) is 0 Å². The molecule has 2 saturated carbocycles. The van der Waals surface area contributed by atoms with Crippen LogP contribution >= 0.6 is 0 Å². The third-order valence-corrected chi connectivity index (χ3v) is 6.41. The van der Waals surface area contributed by atoms with Crippen molar-refractivity contribution in [1.82, 2.24) is 10.2 Å². The molecule has 1 saturated heterocycles. The molecule has 4 rings (SSSR count). The van der Waals surface area contributed by atoms with Crippen LogP contribution in [0.2, 0.25) is 0 Å². The summed E-state index contributed by atoms with van der Waals surface area (Å²) < 4.78 is 0. The summed E-state index contributed by atoms with van der Waals surface area (Å²) in [4.78, 5) is 14.7. The molecule has 24 heavy (non-hydrogen) atoms. The number of carbonyl (C=O) groups excluding carboxylic acids is 1. The standard InChI is InChI=1S/C20H28N2O2/c1-22-11-16-10-20(16,13-22)12-21-18(23)9-15-7-4-8-17(19(15)24)14-5-2-3-6-14/h4,7-8,14,16,24H,2-3,5-6,9-13H2,1H3,(H,21,23). The summed E-state index contributed by atoms with van der Waals surface area (Å²) in [5, 5.41) is 13.7. The van der Waals surface area contributed by atoms with Crippen molar-refractivity contribution in [3.8, 4) is 5.75 Å². The van der Waals surface area contributed by atoms with E-state index in [1.165, 1.54) is 25.8 Å². The molecule has 0 bridgehead atoms. The molecule has 0 aromatic heterocycles. The lowest BCUT2D eigenvalue weighted by atomic mass is 9.93. The van der Waals surface area contributed by atoms with Crippen molar-refractivity contribution in [3.05, 3.63) is 29.3 Å². The molecule has 1 aromatic carbocycles. The number of rotatable bonds is 5. The van der Waals surface area contributed by atoms with E-state index in [2.05, 4.69) is 17.3 Å². The summed E-state index contributed by atoms with van der Waals surface area (Å²) in [5.74, 6) is 1.61. The fourth-order valence-electron chi connectivity index (χ4n) is 4.96. The normalized spacial score (nSPS) is 29.6. The second-order valence-electron chi connectivity index (χ2n) is 8.25. The average molecular weight is 328 g/mol. The first-order chi connectivity index (χ1) is 11.6. The third-order valence-electron chi connectivity index (χ3n) is 6.41. The Morgan fingerprint density at radius 1 is 1.38 bits per heavy atom. The Hall–Kier alpha value is -1.55. The minimum atomic E-state index is 0.0310. The summed E-state index contributed by atoms with van der Waals surface area (Å²) in [6, 6.07) is 5.89. The smallest absolute Gasteiger partial charge is 0.224 e. The molecule has 0 radical (unpaired) electrons. The van der Waals surface area contributed by atoms with Crippen molar-refractivity contribution in [2.45, 2.75) is 44.4 Å². The molecule has 2 aliphatic carbocycles. The number of para-hydroxylation sites is 1. The van der Waals surface area contributed by atoms with Gasteiger partial charge in [-0.3, -0.25) is 4.79 Å².